The normalized spacial score (nSPS) is 6.88. The Balaban J connectivity index is 0. The second kappa shape index (κ2) is 9.63. The Bertz CT molecular complexity index is 56.0. The molecule has 0 heterocycles. The molecule has 0 saturated heterocycles. The van der Waals surface area contributed by atoms with Crippen molar-refractivity contribution in [1.29, 1.82) is 0 Å². The van der Waals surface area contributed by atoms with Gasteiger partial charge in [-0.2, -0.15) is 0 Å². The van der Waals surface area contributed by atoms with Gasteiger partial charge in [-0.25, -0.2) is 0 Å². The standard InChI is InChI=1S/C2H5NO2.C2H7N/c3-2(5)1-4;1-2-3/h4H,1H2,(H2,3,5);2-3H2,1H3. The first-order valence-corrected chi connectivity index (χ1v) is 2.28. The maximum atomic E-state index is 9.34. The van der Waals surface area contributed by atoms with Crippen LogP contribution in [0.5, 0.6) is 0 Å². The summed E-state index contributed by atoms with van der Waals surface area (Å²) in [6.45, 7) is 2.10. The molecule has 4 nitrogen and oxygen atoms in total. The average molecular weight is 120 g/mol. The minimum Gasteiger partial charge on any atom is -0.387 e. The van der Waals surface area contributed by atoms with Gasteiger partial charge >= 0.3 is 0 Å². The molecule has 0 aliphatic heterocycles. The number of hydrogen-bond donors (Lipinski definition) is 3. The fraction of sp³-hybridized carbons (Fsp3) is 0.750. The molecule has 5 N–H and O–H groups in total. The molecule has 0 unspecified atom stereocenters. The monoisotopic (exact) mass is 120 g/mol. The second-order valence-electron chi connectivity index (χ2n) is 1.03. The lowest BCUT2D eigenvalue weighted by atomic mass is 10.7. The molecule has 0 aliphatic carbocycles. The predicted molar refractivity (Wildman–Crippen MR) is 31.0 cm³/mol. The third-order valence-electron chi connectivity index (χ3n) is 0.156. The molecule has 0 rings (SSSR count). The zero-order valence-electron chi connectivity index (χ0n) is 4.92. The van der Waals surface area contributed by atoms with E-state index in [-0.39, 0.29) is 0 Å². The highest BCUT2D eigenvalue weighted by atomic mass is 16.3. The van der Waals surface area contributed by atoms with Gasteiger partial charge in [0.25, 0.3) is 0 Å². The van der Waals surface area contributed by atoms with Gasteiger partial charge in [-0.3, -0.25) is 4.79 Å². The molecule has 0 aromatic carbocycles. The first-order valence-electron chi connectivity index (χ1n) is 2.28. The third kappa shape index (κ3) is 53.8. The molecule has 0 saturated carbocycles. The van der Waals surface area contributed by atoms with E-state index in [1.165, 1.54) is 0 Å². The van der Waals surface area contributed by atoms with Crippen LogP contribution in [0.4, 0.5) is 0 Å². The van der Waals surface area contributed by atoms with Crippen molar-refractivity contribution >= 4 is 5.91 Å². The van der Waals surface area contributed by atoms with Crippen LogP contribution in [-0.2, 0) is 4.79 Å². The van der Waals surface area contributed by atoms with Gasteiger partial charge in [0.05, 0.1) is 0 Å². The van der Waals surface area contributed by atoms with Gasteiger partial charge in [-0.05, 0) is 6.54 Å². The zero-order chi connectivity index (χ0) is 6.99. The number of carbonyl (C=O) groups is 1. The number of rotatable bonds is 1. The average Bonchev–Trinajstić information content (AvgIpc) is 1.69. The lowest BCUT2D eigenvalue weighted by molar-refractivity contribution is -0.120. The van der Waals surface area contributed by atoms with Gasteiger partial charge in [0, 0.05) is 0 Å². The summed E-state index contributed by atoms with van der Waals surface area (Å²) < 4.78 is 0. The van der Waals surface area contributed by atoms with Crippen LogP contribution in [0.2, 0.25) is 0 Å². The molecule has 0 bridgehead atoms. The SMILES string of the molecule is CCN.NC(=O)CO. The van der Waals surface area contributed by atoms with Gasteiger partial charge in [0.15, 0.2) is 0 Å². The van der Waals surface area contributed by atoms with Crippen molar-refractivity contribution in [3.8, 4) is 0 Å². The lowest BCUT2D eigenvalue weighted by Crippen LogP contribution is -2.14. The van der Waals surface area contributed by atoms with E-state index in [4.69, 9.17) is 10.8 Å². The summed E-state index contributed by atoms with van der Waals surface area (Å²) in [7, 11) is 0. The van der Waals surface area contributed by atoms with Crippen molar-refractivity contribution in [2.45, 2.75) is 6.92 Å². The molecule has 0 radical (unpaired) electrons. The van der Waals surface area contributed by atoms with E-state index in [9.17, 15) is 4.79 Å². The number of hydrogen-bond acceptors (Lipinski definition) is 3. The lowest BCUT2D eigenvalue weighted by Gasteiger charge is -1.73. The van der Waals surface area contributed by atoms with Gasteiger partial charge in [0.1, 0.15) is 6.61 Å². The van der Waals surface area contributed by atoms with E-state index in [1.807, 2.05) is 6.92 Å². The molecule has 1 amide bonds. The molecule has 8 heavy (non-hydrogen) atoms. The first kappa shape index (κ1) is 10.4. The molecule has 0 spiro atoms. The van der Waals surface area contributed by atoms with Gasteiger partial charge in [0.2, 0.25) is 5.91 Å². The van der Waals surface area contributed by atoms with Crippen LogP contribution in [0.3, 0.4) is 0 Å². The molecular weight excluding hydrogens is 108 g/mol. The smallest absolute Gasteiger partial charge is 0.243 e. The summed E-state index contributed by atoms with van der Waals surface area (Å²) in [4.78, 5) is 9.34. The van der Waals surface area contributed by atoms with Crippen molar-refractivity contribution in [2.75, 3.05) is 13.2 Å². The number of nitrogens with two attached hydrogens (primary N) is 2. The van der Waals surface area contributed by atoms with Crippen LogP contribution in [0.15, 0.2) is 0 Å². The van der Waals surface area contributed by atoms with Crippen LogP contribution >= 0.6 is 0 Å². The minimum absolute atomic E-state index is 0.556. The topological polar surface area (TPSA) is 89.3 Å². The maximum Gasteiger partial charge on any atom is 0.243 e. The van der Waals surface area contributed by atoms with Gasteiger partial charge in [-0.15, -0.1) is 0 Å². The highest BCUT2D eigenvalue weighted by Crippen LogP contribution is 1.42. The zero-order valence-corrected chi connectivity index (χ0v) is 4.92. The number of primary amides is 1. The molecule has 0 aromatic rings. The maximum absolute atomic E-state index is 9.34. The fourth-order valence-electron chi connectivity index (χ4n) is 0. The van der Waals surface area contributed by atoms with E-state index in [0.29, 0.717) is 0 Å². The molecular formula is C4H12N2O2. The van der Waals surface area contributed by atoms with Crippen molar-refractivity contribution in [3.63, 3.8) is 0 Å². The van der Waals surface area contributed by atoms with Gasteiger partial charge in [-0.1, -0.05) is 6.92 Å². The summed E-state index contributed by atoms with van der Waals surface area (Å²) in [5, 5.41) is 7.67. The summed E-state index contributed by atoms with van der Waals surface area (Å²) in [5.74, 6) is -0.690. The molecule has 0 aromatic heterocycles. The van der Waals surface area contributed by atoms with Crippen molar-refractivity contribution in [3.05, 3.63) is 0 Å². The van der Waals surface area contributed by atoms with E-state index < -0.39 is 12.5 Å². The Hall–Kier alpha value is -0.610. The molecule has 0 aliphatic rings. The molecule has 0 fully saturated rings. The Kier molecular flexibility index (Phi) is 12.5. The Morgan fingerprint density at radius 3 is 1.88 bits per heavy atom. The highest BCUT2D eigenvalue weighted by molar-refractivity contribution is 5.74. The Labute approximate surface area is 48.5 Å². The Morgan fingerprint density at radius 1 is 1.75 bits per heavy atom. The molecule has 4 heteroatoms. The first-order chi connectivity index (χ1) is 3.68. The number of amides is 1. The third-order valence-corrected chi connectivity index (χ3v) is 0.156. The molecule has 0 atom stereocenters. The summed E-state index contributed by atoms with van der Waals surface area (Å²) in [6, 6.07) is 0. The summed E-state index contributed by atoms with van der Waals surface area (Å²) >= 11 is 0. The van der Waals surface area contributed by atoms with E-state index >= 15 is 0 Å². The van der Waals surface area contributed by atoms with Crippen molar-refractivity contribution < 1.29 is 9.90 Å². The van der Waals surface area contributed by atoms with E-state index in [1.54, 1.807) is 0 Å². The van der Waals surface area contributed by atoms with E-state index in [2.05, 4.69) is 5.73 Å². The van der Waals surface area contributed by atoms with Crippen molar-refractivity contribution in [2.24, 2.45) is 11.5 Å². The largest absolute Gasteiger partial charge is 0.387 e. The number of aliphatic hydroxyl groups is 1. The minimum atomic E-state index is -0.690. The number of aliphatic hydroxyl groups excluding tert-OH is 1. The Morgan fingerprint density at radius 2 is 1.88 bits per heavy atom. The number of carbonyl (C=O) groups excluding carboxylic acids is 1. The van der Waals surface area contributed by atoms with Gasteiger partial charge < -0.3 is 16.6 Å². The van der Waals surface area contributed by atoms with Crippen LogP contribution in [-0.4, -0.2) is 24.2 Å². The summed E-state index contributed by atoms with van der Waals surface area (Å²) in [5.41, 5.74) is 9.25. The highest BCUT2D eigenvalue weighted by Gasteiger charge is 1.78. The predicted octanol–water partition coefficient (Wildman–Crippen LogP) is -1.57. The van der Waals surface area contributed by atoms with E-state index in [0.717, 1.165) is 6.54 Å². The van der Waals surface area contributed by atoms with Crippen LogP contribution in [0.1, 0.15) is 6.92 Å². The van der Waals surface area contributed by atoms with Crippen LogP contribution < -0.4 is 11.5 Å². The van der Waals surface area contributed by atoms with Crippen LogP contribution in [0, 0.1) is 0 Å². The van der Waals surface area contributed by atoms with Crippen LogP contribution in [0.25, 0.3) is 0 Å². The molecule has 50 valence electrons. The second-order valence-corrected chi connectivity index (χ2v) is 1.03. The quantitative estimate of drug-likeness (QED) is 0.390. The fourth-order valence-corrected chi connectivity index (χ4v) is 0. The van der Waals surface area contributed by atoms with Crippen molar-refractivity contribution in [1.82, 2.24) is 0 Å². The summed E-state index contributed by atoms with van der Waals surface area (Å²) in [6.07, 6.45) is 0.